The molecule has 14 heavy (non-hydrogen) atoms. The molecule has 0 saturated heterocycles. The number of hydrogen-bond acceptors (Lipinski definition) is 2. The highest BCUT2D eigenvalue weighted by molar-refractivity contribution is 6.30. The molecule has 74 valence electrons. The minimum atomic E-state index is -0.369. The second kappa shape index (κ2) is 3.62. The van der Waals surface area contributed by atoms with E-state index in [1.54, 1.807) is 0 Å². The molecule has 0 spiro atoms. The molecule has 0 aliphatic heterocycles. The molecule has 0 radical (unpaired) electrons. The molecule has 0 amide bonds. The van der Waals surface area contributed by atoms with Crippen LogP contribution in [0.15, 0.2) is 24.3 Å². The van der Waals surface area contributed by atoms with Gasteiger partial charge in [-0.2, -0.15) is 0 Å². The largest absolute Gasteiger partial charge is 0.456 e. The molecule has 3 heteroatoms. The summed E-state index contributed by atoms with van der Waals surface area (Å²) in [4.78, 5) is 10.4. The van der Waals surface area contributed by atoms with E-state index in [9.17, 15) is 4.79 Å². The van der Waals surface area contributed by atoms with E-state index in [1.165, 1.54) is 0 Å². The second-order valence-corrected chi connectivity index (χ2v) is 4.01. The minimum absolute atomic E-state index is 0.369. The van der Waals surface area contributed by atoms with Gasteiger partial charge in [0.1, 0.15) is 5.60 Å². The van der Waals surface area contributed by atoms with Crippen molar-refractivity contribution in [2.24, 2.45) is 0 Å². The van der Waals surface area contributed by atoms with Gasteiger partial charge < -0.3 is 4.74 Å². The van der Waals surface area contributed by atoms with Crippen molar-refractivity contribution >= 4 is 18.1 Å². The van der Waals surface area contributed by atoms with Gasteiger partial charge in [-0.25, -0.2) is 0 Å². The van der Waals surface area contributed by atoms with Crippen LogP contribution in [0.2, 0.25) is 5.02 Å². The van der Waals surface area contributed by atoms with Crippen LogP contribution in [0.25, 0.3) is 0 Å². The molecule has 2 nitrogen and oxygen atoms in total. The summed E-state index contributed by atoms with van der Waals surface area (Å²) in [5.41, 5.74) is 0.673. The maximum atomic E-state index is 10.4. The molecular formula is C11H11ClO2. The fraction of sp³-hybridized carbons (Fsp3) is 0.364. The van der Waals surface area contributed by atoms with E-state index >= 15 is 0 Å². The molecule has 0 bridgehead atoms. The predicted octanol–water partition coefficient (Wildman–Crippen LogP) is 2.89. The number of rotatable bonds is 3. The standard InChI is InChI=1S/C11H11ClO2/c12-10-4-2-9(3-5-10)11(14-8-13)6-1-7-11/h2-5,8H,1,6-7H2. The highest BCUT2D eigenvalue weighted by atomic mass is 35.5. The van der Waals surface area contributed by atoms with Crippen LogP contribution in [0, 0.1) is 0 Å². The zero-order valence-corrected chi connectivity index (χ0v) is 8.46. The third kappa shape index (κ3) is 1.50. The van der Waals surface area contributed by atoms with Crippen LogP contribution in [0.1, 0.15) is 24.8 Å². The topological polar surface area (TPSA) is 26.3 Å². The van der Waals surface area contributed by atoms with Crippen LogP contribution < -0.4 is 0 Å². The highest BCUT2D eigenvalue weighted by Gasteiger charge is 2.40. The van der Waals surface area contributed by atoms with E-state index in [2.05, 4.69) is 0 Å². The Labute approximate surface area is 87.8 Å². The van der Waals surface area contributed by atoms with Crippen molar-refractivity contribution in [1.29, 1.82) is 0 Å². The Morgan fingerprint density at radius 1 is 1.29 bits per heavy atom. The molecule has 1 aliphatic carbocycles. The first kappa shape index (κ1) is 9.53. The van der Waals surface area contributed by atoms with E-state index < -0.39 is 0 Å². The van der Waals surface area contributed by atoms with Gasteiger partial charge in [-0.05, 0) is 37.0 Å². The van der Waals surface area contributed by atoms with Crippen molar-refractivity contribution in [2.45, 2.75) is 24.9 Å². The highest BCUT2D eigenvalue weighted by Crippen LogP contribution is 2.44. The van der Waals surface area contributed by atoms with Crippen LogP contribution in [0.5, 0.6) is 0 Å². The third-order valence-electron chi connectivity index (χ3n) is 2.81. The molecule has 0 atom stereocenters. The normalized spacial score (nSPS) is 18.4. The Morgan fingerprint density at radius 2 is 1.93 bits per heavy atom. The molecule has 1 aromatic rings. The molecule has 1 fully saturated rings. The van der Waals surface area contributed by atoms with E-state index in [1.807, 2.05) is 24.3 Å². The van der Waals surface area contributed by atoms with Gasteiger partial charge in [0.15, 0.2) is 0 Å². The Bertz CT molecular complexity index is 328. The first-order chi connectivity index (χ1) is 6.77. The fourth-order valence-corrected chi connectivity index (χ4v) is 1.94. The van der Waals surface area contributed by atoms with Gasteiger partial charge in [0.05, 0.1) is 0 Å². The lowest BCUT2D eigenvalue weighted by Gasteiger charge is -2.40. The molecule has 2 rings (SSSR count). The van der Waals surface area contributed by atoms with Gasteiger partial charge in [0.25, 0.3) is 6.47 Å². The number of benzene rings is 1. The van der Waals surface area contributed by atoms with Gasteiger partial charge in [-0.1, -0.05) is 23.7 Å². The molecule has 1 aliphatic rings. The maximum absolute atomic E-state index is 10.4. The van der Waals surface area contributed by atoms with Gasteiger partial charge in [0, 0.05) is 5.02 Å². The number of hydrogen-bond donors (Lipinski definition) is 0. The summed E-state index contributed by atoms with van der Waals surface area (Å²) < 4.78 is 5.17. The van der Waals surface area contributed by atoms with Gasteiger partial charge in [-0.3, -0.25) is 4.79 Å². The Kier molecular flexibility index (Phi) is 2.46. The van der Waals surface area contributed by atoms with Crippen molar-refractivity contribution < 1.29 is 9.53 Å². The summed E-state index contributed by atoms with van der Waals surface area (Å²) in [5.74, 6) is 0. The van der Waals surface area contributed by atoms with Crippen LogP contribution in [-0.4, -0.2) is 6.47 Å². The summed E-state index contributed by atoms with van der Waals surface area (Å²) in [5, 5.41) is 0.703. The fourth-order valence-electron chi connectivity index (χ4n) is 1.82. The van der Waals surface area contributed by atoms with Crippen LogP contribution in [-0.2, 0) is 15.1 Å². The summed E-state index contributed by atoms with van der Waals surface area (Å²) in [6.45, 7) is 0.535. The van der Waals surface area contributed by atoms with Crippen molar-refractivity contribution in [1.82, 2.24) is 0 Å². The predicted molar refractivity (Wildman–Crippen MR) is 54.1 cm³/mol. The quantitative estimate of drug-likeness (QED) is 0.718. The first-order valence-corrected chi connectivity index (χ1v) is 5.02. The average Bonchev–Trinajstić information content (AvgIpc) is 2.13. The lowest BCUT2D eigenvalue weighted by Crippen LogP contribution is -2.36. The van der Waals surface area contributed by atoms with Gasteiger partial charge in [-0.15, -0.1) is 0 Å². The summed E-state index contributed by atoms with van der Waals surface area (Å²) in [7, 11) is 0. The van der Waals surface area contributed by atoms with E-state index in [-0.39, 0.29) is 5.60 Å². The maximum Gasteiger partial charge on any atom is 0.293 e. The van der Waals surface area contributed by atoms with E-state index in [0.717, 1.165) is 24.8 Å². The lowest BCUT2D eigenvalue weighted by atomic mass is 9.75. The van der Waals surface area contributed by atoms with Gasteiger partial charge in [0.2, 0.25) is 0 Å². The van der Waals surface area contributed by atoms with Crippen molar-refractivity contribution in [3.8, 4) is 0 Å². The number of ether oxygens (including phenoxy) is 1. The smallest absolute Gasteiger partial charge is 0.293 e. The van der Waals surface area contributed by atoms with Gasteiger partial charge >= 0.3 is 0 Å². The van der Waals surface area contributed by atoms with E-state index in [0.29, 0.717) is 11.5 Å². The molecule has 1 saturated carbocycles. The zero-order valence-electron chi connectivity index (χ0n) is 7.70. The molecule has 0 aromatic heterocycles. The Morgan fingerprint density at radius 3 is 2.36 bits per heavy atom. The van der Waals surface area contributed by atoms with Crippen molar-refractivity contribution in [3.05, 3.63) is 34.9 Å². The van der Waals surface area contributed by atoms with Crippen LogP contribution in [0.4, 0.5) is 0 Å². The lowest BCUT2D eigenvalue weighted by molar-refractivity contribution is -0.155. The third-order valence-corrected chi connectivity index (χ3v) is 3.06. The van der Waals surface area contributed by atoms with Crippen LogP contribution >= 0.6 is 11.6 Å². The van der Waals surface area contributed by atoms with Crippen LogP contribution in [0.3, 0.4) is 0 Å². The monoisotopic (exact) mass is 210 g/mol. The number of carbonyl (C=O) groups is 1. The molecule has 1 aromatic carbocycles. The molecule has 0 N–H and O–H groups in total. The zero-order chi connectivity index (χ0) is 10.0. The SMILES string of the molecule is O=COC1(c2ccc(Cl)cc2)CCC1. The van der Waals surface area contributed by atoms with Crippen molar-refractivity contribution in [2.75, 3.05) is 0 Å². The minimum Gasteiger partial charge on any atom is -0.456 e. The number of carbonyl (C=O) groups excluding carboxylic acids is 1. The molecular weight excluding hydrogens is 200 g/mol. The Hall–Kier alpha value is -1.02. The second-order valence-electron chi connectivity index (χ2n) is 3.57. The number of halogens is 1. The Balaban J connectivity index is 2.27. The van der Waals surface area contributed by atoms with Crippen molar-refractivity contribution in [3.63, 3.8) is 0 Å². The molecule has 0 heterocycles. The summed E-state index contributed by atoms with van der Waals surface area (Å²) in [6, 6.07) is 7.49. The average molecular weight is 211 g/mol. The summed E-state index contributed by atoms with van der Waals surface area (Å²) >= 11 is 5.79. The summed E-state index contributed by atoms with van der Waals surface area (Å²) in [6.07, 6.45) is 2.93. The van der Waals surface area contributed by atoms with E-state index in [4.69, 9.17) is 16.3 Å². The molecule has 0 unspecified atom stereocenters. The first-order valence-electron chi connectivity index (χ1n) is 4.64.